The number of anilines is 1. The fourth-order valence-electron chi connectivity index (χ4n) is 1.96. The first-order valence-corrected chi connectivity index (χ1v) is 6.75. The summed E-state index contributed by atoms with van der Waals surface area (Å²) >= 11 is 0. The Kier molecular flexibility index (Phi) is 4.76. The predicted molar refractivity (Wildman–Crippen MR) is 79.1 cm³/mol. The van der Waals surface area contributed by atoms with Gasteiger partial charge in [0.2, 0.25) is 0 Å². The highest BCUT2D eigenvalue weighted by Crippen LogP contribution is 2.26. The van der Waals surface area contributed by atoms with E-state index in [-0.39, 0.29) is 5.91 Å². The second-order valence-electron chi connectivity index (χ2n) is 4.52. The number of carbonyl (C=O) groups excluding carboxylic acids is 1. The first-order valence-electron chi connectivity index (χ1n) is 6.75. The van der Waals surface area contributed by atoms with Crippen LogP contribution in [0.5, 0.6) is 5.75 Å². The summed E-state index contributed by atoms with van der Waals surface area (Å²) in [5.41, 5.74) is 6.74. The van der Waals surface area contributed by atoms with Crippen molar-refractivity contribution in [3.05, 3.63) is 35.9 Å². The highest BCUT2D eigenvalue weighted by atomic mass is 16.5. The molecule has 1 aromatic carbocycles. The molecule has 0 spiro atoms. The maximum Gasteiger partial charge on any atom is 0.255 e. The van der Waals surface area contributed by atoms with Crippen LogP contribution in [0.4, 0.5) is 5.69 Å². The zero-order valence-corrected chi connectivity index (χ0v) is 12.2. The Balaban J connectivity index is 2.00. The van der Waals surface area contributed by atoms with Gasteiger partial charge in [0, 0.05) is 20.0 Å². The van der Waals surface area contributed by atoms with Crippen molar-refractivity contribution in [3.8, 4) is 5.75 Å². The molecule has 1 aromatic heterocycles. The minimum absolute atomic E-state index is 0.215. The van der Waals surface area contributed by atoms with Gasteiger partial charge < -0.3 is 20.4 Å². The van der Waals surface area contributed by atoms with Crippen LogP contribution >= 0.6 is 0 Å². The summed E-state index contributed by atoms with van der Waals surface area (Å²) in [6.07, 6.45) is 2.23. The fraction of sp³-hybridized carbons (Fsp3) is 0.357. The topological polar surface area (TPSA) is 95.1 Å². The van der Waals surface area contributed by atoms with Gasteiger partial charge in [0.1, 0.15) is 12.2 Å². The summed E-state index contributed by atoms with van der Waals surface area (Å²) in [4.78, 5) is 12.2. The molecule has 2 aromatic rings. The highest BCUT2D eigenvalue weighted by Gasteiger charge is 2.14. The van der Waals surface area contributed by atoms with Gasteiger partial charge in [0.15, 0.2) is 5.75 Å². The molecule has 1 amide bonds. The molecule has 1 heterocycles. The van der Waals surface area contributed by atoms with E-state index < -0.39 is 0 Å². The molecular weight excluding hydrogens is 270 g/mol. The first-order chi connectivity index (χ1) is 10.1. The van der Waals surface area contributed by atoms with Crippen molar-refractivity contribution in [2.24, 2.45) is 7.05 Å². The van der Waals surface area contributed by atoms with Gasteiger partial charge in [-0.2, -0.15) is 0 Å². The van der Waals surface area contributed by atoms with Crippen LogP contribution in [0.25, 0.3) is 0 Å². The van der Waals surface area contributed by atoms with Crippen LogP contribution in [0, 0.1) is 0 Å². The number of benzene rings is 1. The molecule has 21 heavy (non-hydrogen) atoms. The van der Waals surface area contributed by atoms with Gasteiger partial charge in [-0.1, -0.05) is 6.07 Å². The standard InChI is InChI=1S/C14H19N5O2/c1-3-21-13-10(5-4-6-11(13)15)14(20)16-8-7-12-18-17-9-19(12)2/h4-6,9H,3,7-8,15H2,1-2H3,(H,16,20). The number of nitrogens with two attached hydrogens (primary N) is 1. The molecule has 3 N–H and O–H groups in total. The Hall–Kier alpha value is -2.57. The van der Waals surface area contributed by atoms with Gasteiger partial charge in [-0.15, -0.1) is 10.2 Å². The molecule has 0 aliphatic rings. The molecule has 0 aliphatic carbocycles. The van der Waals surface area contributed by atoms with Gasteiger partial charge in [0.05, 0.1) is 17.9 Å². The number of aryl methyl sites for hydroxylation is 1. The third kappa shape index (κ3) is 3.50. The number of rotatable bonds is 6. The summed E-state index contributed by atoms with van der Waals surface area (Å²) in [5.74, 6) is 1.02. The smallest absolute Gasteiger partial charge is 0.255 e. The van der Waals surface area contributed by atoms with Crippen molar-refractivity contribution in [3.63, 3.8) is 0 Å². The maximum absolute atomic E-state index is 12.2. The second-order valence-corrected chi connectivity index (χ2v) is 4.52. The SMILES string of the molecule is CCOc1c(N)cccc1C(=O)NCCc1nncn1C. The molecule has 0 fully saturated rings. The molecule has 0 atom stereocenters. The molecule has 0 bridgehead atoms. The highest BCUT2D eigenvalue weighted by molar-refractivity contribution is 5.98. The third-order valence-electron chi connectivity index (χ3n) is 3.02. The monoisotopic (exact) mass is 289 g/mol. The average molecular weight is 289 g/mol. The average Bonchev–Trinajstić information content (AvgIpc) is 2.87. The van der Waals surface area contributed by atoms with E-state index in [2.05, 4.69) is 15.5 Å². The minimum atomic E-state index is -0.215. The summed E-state index contributed by atoms with van der Waals surface area (Å²) in [6, 6.07) is 5.13. The van der Waals surface area contributed by atoms with E-state index in [1.54, 1.807) is 24.5 Å². The molecule has 0 saturated heterocycles. The molecule has 0 unspecified atom stereocenters. The van der Waals surface area contributed by atoms with Crippen molar-refractivity contribution in [2.45, 2.75) is 13.3 Å². The van der Waals surface area contributed by atoms with Crippen molar-refractivity contribution in [1.82, 2.24) is 20.1 Å². The number of nitrogens with one attached hydrogen (secondary N) is 1. The van der Waals surface area contributed by atoms with Crippen LogP contribution in [0.3, 0.4) is 0 Å². The van der Waals surface area contributed by atoms with Crippen LogP contribution in [-0.2, 0) is 13.5 Å². The van der Waals surface area contributed by atoms with Crippen molar-refractivity contribution in [2.75, 3.05) is 18.9 Å². The first kappa shape index (κ1) is 14.8. The van der Waals surface area contributed by atoms with Crippen LogP contribution < -0.4 is 15.8 Å². The van der Waals surface area contributed by atoms with Crippen molar-refractivity contribution >= 4 is 11.6 Å². The van der Waals surface area contributed by atoms with Crippen LogP contribution in [0.1, 0.15) is 23.1 Å². The fourth-order valence-corrected chi connectivity index (χ4v) is 1.96. The van der Waals surface area contributed by atoms with Crippen molar-refractivity contribution < 1.29 is 9.53 Å². The lowest BCUT2D eigenvalue weighted by molar-refractivity contribution is 0.0950. The Bertz CT molecular complexity index is 624. The van der Waals surface area contributed by atoms with E-state index in [0.717, 1.165) is 5.82 Å². The molecule has 2 rings (SSSR count). The van der Waals surface area contributed by atoms with Gasteiger partial charge >= 0.3 is 0 Å². The van der Waals surface area contributed by atoms with E-state index in [1.165, 1.54) is 0 Å². The predicted octanol–water partition coefficient (Wildman–Crippen LogP) is 0.768. The number of nitrogens with zero attached hydrogens (tertiary/aromatic N) is 3. The van der Waals surface area contributed by atoms with Crippen LogP contribution in [0.2, 0.25) is 0 Å². The minimum Gasteiger partial charge on any atom is -0.491 e. The van der Waals surface area contributed by atoms with E-state index in [9.17, 15) is 4.79 Å². The zero-order chi connectivity index (χ0) is 15.2. The molecule has 7 nitrogen and oxygen atoms in total. The molecule has 0 saturated carbocycles. The van der Waals surface area contributed by atoms with Crippen LogP contribution in [-0.4, -0.2) is 33.8 Å². The lowest BCUT2D eigenvalue weighted by atomic mass is 10.1. The van der Waals surface area contributed by atoms with E-state index in [4.69, 9.17) is 10.5 Å². The Morgan fingerprint density at radius 3 is 2.95 bits per heavy atom. The van der Waals surface area contributed by atoms with Gasteiger partial charge in [0.25, 0.3) is 5.91 Å². The Morgan fingerprint density at radius 1 is 1.48 bits per heavy atom. The summed E-state index contributed by atoms with van der Waals surface area (Å²) in [6.45, 7) is 2.77. The summed E-state index contributed by atoms with van der Waals surface area (Å²) in [7, 11) is 1.86. The number of amides is 1. The number of hydrogen-bond donors (Lipinski definition) is 2. The van der Waals surface area contributed by atoms with E-state index in [1.807, 2.05) is 18.5 Å². The quantitative estimate of drug-likeness (QED) is 0.766. The third-order valence-corrected chi connectivity index (χ3v) is 3.02. The van der Waals surface area contributed by atoms with Gasteiger partial charge in [-0.25, -0.2) is 0 Å². The molecule has 0 aliphatic heterocycles. The van der Waals surface area contributed by atoms with E-state index in [0.29, 0.717) is 36.6 Å². The number of hydrogen-bond acceptors (Lipinski definition) is 5. The molecule has 112 valence electrons. The summed E-state index contributed by atoms with van der Waals surface area (Å²) < 4.78 is 7.27. The number of nitrogen functional groups attached to an aromatic ring is 1. The van der Waals surface area contributed by atoms with E-state index >= 15 is 0 Å². The Labute approximate surface area is 123 Å². The normalized spacial score (nSPS) is 10.4. The van der Waals surface area contributed by atoms with Gasteiger partial charge in [-0.05, 0) is 19.1 Å². The van der Waals surface area contributed by atoms with Crippen molar-refractivity contribution in [1.29, 1.82) is 0 Å². The maximum atomic E-state index is 12.2. The number of ether oxygens (including phenoxy) is 1. The molecule has 7 heteroatoms. The largest absolute Gasteiger partial charge is 0.491 e. The lowest BCUT2D eigenvalue weighted by Crippen LogP contribution is -2.27. The summed E-state index contributed by atoms with van der Waals surface area (Å²) in [5, 5.41) is 10.6. The zero-order valence-electron chi connectivity index (χ0n) is 12.2. The molecular formula is C14H19N5O2. The number of para-hydroxylation sites is 1. The number of carbonyl (C=O) groups is 1. The number of aromatic nitrogens is 3. The van der Waals surface area contributed by atoms with Gasteiger partial charge in [-0.3, -0.25) is 4.79 Å². The van der Waals surface area contributed by atoms with Crippen LogP contribution in [0.15, 0.2) is 24.5 Å². The Morgan fingerprint density at radius 2 is 2.29 bits per heavy atom. The second kappa shape index (κ2) is 6.74. The molecule has 0 radical (unpaired) electrons. The lowest BCUT2D eigenvalue weighted by Gasteiger charge is -2.12.